The number of pyridine rings is 1. The Balaban J connectivity index is 1.66. The van der Waals surface area contributed by atoms with Crippen LogP contribution in [0.3, 0.4) is 0 Å². The largest absolute Gasteiger partial charge is 0.480 e. The second kappa shape index (κ2) is 8.16. The van der Waals surface area contributed by atoms with Gasteiger partial charge in [-0.05, 0) is 17.7 Å². The molecule has 0 saturated carbocycles. The van der Waals surface area contributed by atoms with Gasteiger partial charge in [0.25, 0.3) is 0 Å². The van der Waals surface area contributed by atoms with E-state index in [0.29, 0.717) is 19.6 Å². The highest BCUT2D eigenvalue weighted by molar-refractivity contribution is 5.69. The fourth-order valence-electron chi connectivity index (χ4n) is 2.57. The van der Waals surface area contributed by atoms with Gasteiger partial charge in [-0.1, -0.05) is 41.6 Å². The minimum absolute atomic E-state index is 0.0812. The molecular formula is C18H19N5O2. The number of rotatable bonds is 8. The molecule has 0 radical (unpaired) electrons. The molecule has 3 rings (SSSR count). The Morgan fingerprint density at radius 2 is 1.80 bits per heavy atom. The van der Waals surface area contributed by atoms with E-state index in [9.17, 15) is 4.79 Å². The van der Waals surface area contributed by atoms with E-state index in [4.69, 9.17) is 5.11 Å². The summed E-state index contributed by atoms with van der Waals surface area (Å²) < 4.78 is 1.75. The van der Waals surface area contributed by atoms with E-state index in [-0.39, 0.29) is 6.54 Å². The number of benzene rings is 1. The summed E-state index contributed by atoms with van der Waals surface area (Å²) in [6, 6.07) is 15.6. The summed E-state index contributed by atoms with van der Waals surface area (Å²) in [6.45, 7) is 1.39. The van der Waals surface area contributed by atoms with Crippen molar-refractivity contribution in [1.82, 2.24) is 24.9 Å². The molecule has 2 aromatic heterocycles. The quantitative estimate of drug-likeness (QED) is 0.675. The molecule has 3 aromatic rings. The van der Waals surface area contributed by atoms with Crippen molar-refractivity contribution in [2.24, 2.45) is 0 Å². The van der Waals surface area contributed by atoms with Gasteiger partial charge in [0.15, 0.2) is 0 Å². The highest BCUT2D eigenvalue weighted by Gasteiger charge is 2.14. The Bertz CT molecular complexity index is 805. The average Bonchev–Trinajstić information content (AvgIpc) is 3.03. The SMILES string of the molecule is O=C(O)CN(Cc1ccccn1)Cc1cn(Cc2ccccc2)nn1. The van der Waals surface area contributed by atoms with Crippen LogP contribution in [0.5, 0.6) is 0 Å². The Hall–Kier alpha value is -3.06. The van der Waals surface area contributed by atoms with Gasteiger partial charge in [-0.25, -0.2) is 4.68 Å². The summed E-state index contributed by atoms with van der Waals surface area (Å²) in [6.07, 6.45) is 3.55. The van der Waals surface area contributed by atoms with E-state index in [1.165, 1.54) is 0 Å². The van der Waals surface area contributed by atoms with Crippen molar-refractivity contribution in [3.8, 4) is 0 Å². The third kappa shape index (κ3) is 5.22. The molecule has 0 saturated heterocycles. The second-order valence-corrected chi connectivity index (χ2v) is 5.75. The van der Waals surface area contributed by atoms with Gasteiger partial charge < -0.3 is 5.11 Å². The molecule has 0 atom stereocenters. The first-order valence-electron chi connectivity index (χ1n) is 7.96. The first-order valence-corrected chi connectivity index (χ1v) is 7.96. The number of aliphatic carboxylic acids is 1. The van der Waals surface area contributed by atoms with Gasteiger partial charge in [-0.2, -0.15) is 0 Å². The Kier molecular flexibility index (Phi) is 5.48. The van der Waals surface area contributed by atoms with Crippen LogP contribution < -0.4 is 0 Å². The van der Waals surface area contributed by atoms with Gasteiger partial charge in [0.2, 0.25) is 0 Å². The molecule has 7 nitrogen and oxygen atoms in total. The fourth-order valence-corrected chi connectivity index (χ4v) is 2.57. The predicted octanol–water partition coefficient (Wildman–Crippen LogP) is 1.81. The standard InChI is InChI=1S/C18H19N5O2/c24-18(25)14-22(11-16-8-4-5-9-19-16)12-17-13-23(21-20-17)10-15-6-2-1-3-7-15/h1-9,13H,10-12,14H2,(H,24,25). The molecule has 0 amide bonds. The van der Waals surface area contributed by atoms with Crippen molar-refractivity contribution in [2.45, 2.75) is 19.6 Å². The maximum atomic E-state index is 11.1. The van der Waals surface area contributed by atoms with Gasteiger partial charge in [0.05, 0.1) is 30.7 Å². The Labute approximate surface area is 145 Å². The summed E-state index contributed by atoms with van der Waals surface area (Å²) in [7, 11) is 0. The van der Waals surface area contributed by atoms with Gasteiger partial charge in [0.1, 0.15) is 0 Å². The summed E-state index contributed by atoms with van der Waals surface area (Å²) in [4.78, 5) is 17.2. The third-order valence-corrected chi connectivity index (χ3v) is 3.63. The number of nitrogens with zero attached hydrogens (tertiary/aromatic N) is 5. The molecule has 0 bridgehead atoms. The van der Waals surface area contributed by atoms with Crippen LogP contribution in [0.25, 0.3) is 0 Å². The minimum Gasteiger partial charge on any atom is -0.480 e. The van der Waals surface area contributed by atoms with Crippen LogP contribution in [0.1, 0.15) is 17.0 Å². The minimum atomic E-state index is -0.882. The van der Waals surface area contributed by atoms with Crippen LogP contribution in [0, 0.1) is 0 Å². The lowest BCUT2D eigenvalue weighted by Gasteiger charge is -2.18. The Morgan fingerprint density at radius 3 is 2.52 bits per heavy atom. The molecule has 0 aliphatic heterocycles. The van der Waals surface area contributed by atoms with Gasteiger partial charge in [-0.15, -0.1) is 5.10 Å². The van der Waals surface area contributed by atoms with Crippen molar-refractivity contribution in [2.75, 3.05) is 6.54 Å². The smallest absolute Gasteiger partial charge is 0.317 e. The molecule has 0 fully saturated rings. The van der Waals surface area contributed by atoms with Crippen molar-refractivity contribution < 1.29 is 9.90 Å². The van der Waals surface area contributed by atoms with Crippen LogP contribution in [-0.2, 0) is 24.4 Å². The second-order valence-electron chi connectivity index (χ2n) is 5.75. The number of hydrogen-bond acceptors (Lipinski definition) is 5. The van der Waals surface area contributed by atoms with Crippen LogP contribution in [0.4, 0.5) is 0 Å². The van der Waals surface area contributed by atoms with E-state index < -0.39 is 5.97 Å². The molecule has 0 unspecified atom stereocenters. The molecule has 25 heavy (non-hydrogen) atoms. The maximum absolute atomic E-state index is 11.1. The molecule has 0 aliphatic rings. The summed E-state index contributed by atoms with van der Waals surface area (Å²) in [5, 5.41) is 17.4. The highest BCUT2D eigenvalue weighted by atomic mass is 16.4. The van der Waals surface area contributed by atoms with Gasteiger partial charge in [-0.3, -0.25) is 14.7 Å². The molecule has 128 valence electrons. The van der Waals surface area contributed by atoms with Crippen LogP contribution in [0.2, 0.25) is 0 Å². The van der Waals surface area contributed by atoms with Gasteiger partial charge in [0, 0.05) is 19.3 Å². The number of carboxylic acid groups (broad SMARTS) is 1. The highest BCUT2D eigenvalue weighted by Crippen LogP contribution is 2.08. The van der Waals surface area contributed by atoms with Crippen LogP contribution >= 0.6 is 0 Å². The predicted molar refractivity (Wildman–Crippen MR) is 91.6 cm³/mol. The van der Waals surface area contributed by atoms with E-state index in [2.05, 4.69) is 15.3 Å². The zero-order valence-electron chi connectivity index (χ0n) is 13.7. The van der Waals surface area contributed by atoms with E-state index in [1.54, 1.807) is 15.8 Å². The zero-order valence-corrected chi connectivity index (χ0v) is 13.7. The fraction of sp³-hybridized carbons (Fsp3) is 0.222. The molecule has 7 heteroatoms. The van der Waals surface area contributed by atoms with Crippen LogP contribution in [-0.4, -0.2) is 42.5 Å². The monoisotopic (exact) mass is 337 g/mol. The summed E-state index contributed by atoms with van der Waals surface area (Å²) >= 11 is 0. The molecule has 0 spiro atoms. The van der Waals surface area contributed by atoms with Crippen molar-refractivity contribution in [1.29, 1.82) is 0 Å². The molecular weight excluding hydrogens is 318 g/mol. The summed E-state index contributed by atoms with van der Waals surface area (Å²) in [5.74, 6) is -0.882. The average molecular weight is 337 g/mol. The number of carbonyl (C=O) groups is 1. The first-order chi connectivity index (χ1) is 12.2. The number of aromatic nitrogens is 4. The lowest BCUT2D eigenvalue weighted by molar-refractivity contribution is -0.138. The lowest BCUT2D eigenvalue weighted by Crippen LogP contribution is -2.29. The van der Waals surface area contributed by atoms with E-state index >= 15 is 0 Å². The Morgan fingerprint density at radius 1 is 1.04 bits per heavy atom. The summed E-state index contributed by atoms with van der Waals surface area (Å²) in [5.41, 5.74) is 2.68. The normalized spacial score (nSPS) is 10.9. The van der Waals surface area contributed by atoms with Gasteiger partial charge >= 0.3 is 5.97 Å². The molecule has 0 aliphatic carbocycles. The molecule has 1 aromatic carbocycles. The zero-order chi connectivity index (χ0) is 17.5. The molecule has 2 heterocycles. The van der Waals surface area contributed by atoms with E-state index in [0.717, 1.165) is 17.0 Å². The third-order valence-electron chi connectivity index (χ3n) is 3.63. The van der Waals surface area contributed by atoms with Crippen molar-refractivity contribution >= 4 is 5.97 Å². The maximum Gasteiger partial charge on any atom is 0.317 e. The van der Waals surface area contributed by atoms with Crippen LogP contribution in [0.15, 0.2) is 60.9 Å². The van der Waals surface area contributed by atoms with Crippen molar-refractivity contribution in [3.63, 3.8) is 0 Å². The topological polar surface area (TPSA) is 84.1 Å². The lowest BCUT2D eigenvalue weighted by atomic mass is 10.2. The van der Waals surface area contributed by atoms with E-state index in [1.807, 2.05) is 54.7 Å². The van der Waals surface area contributed by atoms with Crippen molar-refractivity contribution in [3.05, 3.63) is 77.9 Å². The number of hydrogen-bond donors (Lipinski definition) is 1. The molecule has 1 N–H and O–H groups in total. The number of carboxylic acids is 1. The first kappa shape index (κ1) is 16.8.